The van der Waals surface area contributed by atoms with Gasteiger partial charge in [-0.3, -0.25) is 0 Å². The summed E-state index contributed by atoms with van der Waals surface area (Å²) in [4.78, 5) is 2.49. The van der Waals surface area contributed by atoms with E-state index in [4.69, 9.17) is 0 Å². The van der Waals surface area contributed by atoms with E-state index < -0.39 is 0 Å². The van der Waals surface area contributed by atoms with Crippen molar-refractivity contribution in [1.29, 1.82) is 0 Å². The second-order valence-electron chi connectivity index (χ2n) is 16.5. The van der Waals surface area contributed by atoms with Crippen LogP contribution in [0.5, 0.6) is 0 Å². The van der Waals surface area contributed by atoms with E-state index in [1.165, 1.54) is 97.7 Å². The van der Waals surface area contributed by atoms with Gasteiger partial charge in [-0.15, -0.1) is 11.3 Å². The number of nitrogens with zero attached hydrogens (tertiary/aromatic N) is 2. The van der Waals surface area contributed by atoms with Gasteiger partial charge in [-0.25, -0.2) is 0 Å². The van der Waals surface area contributed by atoms with Crippen LogP contribution < -0.4 is 4.90 Å². The van der Waals surface area contributed by atoms with Crippen molar-refractivity contribution in [2.24, 2.45) is 0 Å². The van der Waals surface area contributed by atoms with Crippen molar-refractivity contribution in [3.63, 3.8) is 0 Å². The lowest BCUT2D eigenvalue weighted by Gasteiger charge is -2.29. The molecule has 0 radical (unpaired) electrons. The van der Waals surface area contributed by atoms with Crippen molar-refractivity contribution < 1.29 is 0 Å². The van der Waals surface area contributed by atoms with Gasteiger partial charge < -0.3 is 9.47 Å². The molecule has 0 aliphatic carbocycles. The highest BCUT2D eigenvalue weighted by molar-refractivity contribution is 7.26. The van der Waals surface area contributed by atoms with Crippen LogP contribution in [0.1, 0.15) is 5.56 Å². The molecule has 0 spiro atoms. The normalized spacial score (nSPS) is 11.5. The molecular formula is C61H42N2S. The van der Waals surface area contributed by atoms with Crippen molar-refractivity contribution in [3.8, 4) is 50.2 Å². The number of anilines is 3. The molecule has 302 valence electrons. The highest BCUT2D eigenvalue weighted by atomic mass is 32.1. The van der Waals surface area contributed by atoms with Gasteiger partial charge in [-0.05, 0) is 100 Å². The minimum atomic E-state index is 1.10. The Morgan fingerprint density at radius 2 is 0.938 bits per heavy atom. The zero-order valence-corrected chi connectivity index (χ0v) is 36.1. The summed E-state index contributed by atoms with van der Waals surface area (Å²) in [5.41, 5.74) is 17.8. The third-order valence-corrected chi connectivity index (χ3v) is 13.9. The first kappa shape index (κ1) is 37.8. The van der Waals surface area contributed by atoms with Crippen molar-refractivity contribution >= 4 is 70.4 Å². The lowest BCUT2D eigenvalue weighted by molar-refractivity contribution is 1.18. The van der Waals surface area contributed by atoms with Gasteiger partial charge >= 0.3 is 0 Å². The summed E-state index contributed by atoms with van der Waals surface area (Å²) in [5, 5.41) is 5.01. The van der Waals surface area contributed by atoms with E-state index in [9.17, 15) is 0 Å². The van der Waals surface area contributed by atoms with Crippen LogP contribution in [0.3, 0.4) is 0 Å². The summed E-state index contributed by atoms with van der Waals surface area (Å²) >= 11 is 1.88. The summed E-state index contributed by atoms with van der Waals surface area (Å²) in [6.45, 7) is 2.26. The number of hydrogen-bond acceptors (Lipinski definition) is 2. The van der Waals surface area contributed by atoms with Crippen molar-refractivity contribution in [2.45, 2.75) is 6.92 Å². The molecule has 0 unspecified atom stereocenters. The first-order chi connectivity index (χ1) is 31.7. The predicted molar refractivity (Wildman–Crippen MR) is 275 cm³/mol. The minimum Gasteiger partial charge on any atom is -0.310 e. The Morgan fingerprint density at radius 3 is 1.62 bits per heavy atom. The molecule has 12 aromatic rings. The summed E-state index contributed by atoms with van der Waals surface area (Å²) in [5.74, 6) is 0. The van der Waals surface area contributed by atoms with E-state index in [2.05, 4.69) is 253 Å². The average molecular weight is 835 g/mol. The number of hydrogen-bond donors (Lipinski definition) is 0. The molecule has 0 bridgehead atoms. The van der Waals surface area contributed by atoms with Crippen LogP contribution in [0.25, 0.3) is 92.2 Å². The Bertz CT molecular complexity index is 3610. The Hall–Kier alpha value is -7.98. The third kappa shape index (κ3) is 6.32. The highest BCUT2D eigenvalue weighted by Crippen LogP contribution is 2.51. The molecule has 0 amide bonds. The molecule has 2 aromatic heterocycles. The number of rotatable bonds is 8. The van der Waals surface area contributed by atoms with Crippen LogP contribution in [0.2, 0.25) is 0 Å². The quantitative estimate of drug-likeness (QED) is 0.148. The maximum absolute atomic E-state index is 2.49. The van der Waals surface area contributed by atoms with E-state index >= 15 is 0 Å². The van der Waals surface area contributed by atoms with E-state index in [0.717, 1.165) is 17.1 Å². The monoisotopic (exact) mass is 834 g/mol. The molecule has 10 aromatic carbocycles. The molecule has 3 heteroatoms. The average Bonchev–Trinajstić information content (AvgIpc) is 3.92. The fourth-order valence-corrected chi connectivity index (χ4v) is 11.1. The minimum absolute atomic E-state index is 1.10. The van der Waals surface area contributed by atoms with Gasteiger partial charge in [-0.2, -0.15) is 0 Å². The summed E-state index contributed by atoms with van der Waals surface area (Å²) in [7, 11) is 0. The molecule has 2 heterocycles. The molecule has 0 saturated carbocycles. The molecular weight excluding hydrogens is 793 g/mol. The van der Waals surface area contributed by atoms with Gasteiger partial charge in [0.15, 0.2) is 0 Å². The van der Waals surface area contributed by atoms with E-state index in [0.29, 0.717) is 0 Å². The van der Waals surface area contributed by atoms with Crippen LogP contribution in [0, 0.1) is 6.92 Å². The van der Waals surface area contributed by atoms with Gasteiger partial charge in [-0.1, -0.05) is 182 Å². The Balaban J connectivity index is 1.13. The van der Waals surface area contributed by atoms with Crippen molar-refractivity contribution in [2.75, 3.05) is 4.90 Å². The fourth-order valence-electron chi connectivity index (χ4n) is 9.88. The number of aromatic nitrogens is 1. The lowest BCUT2D eigenvalue weighted by Crippen LogP contribution is -2.11. The largest absolute Gasteiger partial charge is 0.310 e. The highest BCUT2D eigenvalue weighted by Gasteiger charge is 2.25. The Kier molecular flexibility index (Phi) is 9.28. The number of thiophene rings is 1. The maximum atomic E-state index is 2.49. The zero-order chi connectivity index (χ0) is 42.6. The van der Waals surface area contributed by atoms with Gasteiger partial charge in [0.2, 0.25) is 0 Å². The molecule has 0 aliphatic heterocycles. The number of aryl methyl sites for hydroxylation is 1. The standard InChI is InChI=1S/C61H42N2S/c1-41-39-47(40-53(44-21-7-3-8-22-44)59(41)45-23-9-4-10-24-45)62(46-35-33-43(34-36-46)42-19-5-2-6-20-42)57-38-37-51(61-60(57)52-28-14-18-32-58(52)64-61)50-27-13-17-31-56(50)63-54-29-15-11-25-48(54)49-26-12-16-30-55(49)63/h2-40H,1H3. The molecule has 12 rings (SSSR count). The summed E-state index contributed by atoms with van der Waals surface area (Å²) in [6, 6.07) is 86.4. The molecule has 64 heavy (non-hydrogen) atoms. The third-order valence-electron chi connectivity index (χ3n) is 12.7. The van der Waals surface area contributed by atoms with Crippen LogP contribution in [-0.4, -0.2) is 4.57 Å². The summed E-state index contributed by atoms with van der Waals surface area (Å²) < 4.78 is 4.98. The van der Waals surface area contributed by atoms with Gasteiger partial charge in [0.25, 0.3) is 0 Å². The molecule has 0 fully saturated rings. The molecule has 0 atom stereocenters. The zero-order valence-electron chi connectivity index (χ0n) is 35.3. The number of fused-ring (bicyclic) bond motifs is 6. The smallest absolute Gasteiger partial charge is 0.0555 e. The second kappa shape index (κ2) is 15.7. The molecule has 0 N–H and O–H groups in total. The van der Waals surface area contributed by atoms with Gasteiger partial charge in [0.05, 0.1) is 22.4 Å². The Morgan fingerprint density at radius 1 is 0.391 bits per heavy atom. The molecule has 2 nitrogen and oxygen atoms in total. The number of benzene rings is 10. The molecule has 0 saturated heterocycles. The van der Waals surface area contributed by atoms with Crippen LogP contribution in [0.4, 0.5) is 17.1 Å². The van der Waals surface area contributed by atoms with E-state index in [1.54, 1.807) is 0 Å². The fraction of sp³-hybridized carbons (Fsp3) is 0.0164. The van der Waals surface area contributed by atoms with E-state index in [-0.39, 0.29) is 0 Å². The first-order valence-electron chi connectivity index (χ1n) is 21.9. The van der Waals surface area contributed by atoms with Crippen molar-refractivity contribution in [3.05, 3.63) is 242 Å². The number of para-hydroxylation sites is 3. The SMILES string of the molecule is Cc1cc(N(c2ccc(-c3ccccc3)cc2)c2ccc(-c3ccccc3-n3c4ccccc4c4ccccc43)c3sc4ccccc4c23)cc(-c2ccccc2)c1-c1ccccc1. The van der Waals surface area contributed by atoms with Gasteiger partial charge in [0, 0.05) is 53.4 Å². The van der Waals surface area contributed by atoms with Crippen LogP contribution in [0.15, 0.2) is 237 Å². The van der Waals surface area contributed by atoms with Gasteiger partial charge in [0.1, 0.15) is 0 Å². The first-order valence-corrected chi connectivity index (χ1v) is 22.7. The topological polar surface area (TPSA) is 8.17 Å². The van der Waals surface area contributed by atoms with Crippen molar-refractivity contribution in [1.82, 2.24) is 4.57 Å². The van der Waals surface area contributed by atoms with Crippen LogP contribution in [-0.2, 0) is 0 Å². The summed E-state index contributed by atoms with van der Waals surface area (Å²) in [6.07, 6.45) is 0. The van der Waals surface area contributed by atoms with Crippen LogP contribution >= 0.6 is 11.3 Å². The second-order valence-corrected chi connectivity index (χ2v) is 17.5. The maximum Gasteiger partial charge on any atom is 0.0555 e. The lowest BCUT2D eigenvalue weighted by atomic mass is 9.90. The van der Waals surface area contributed by atoms with E-state index in [1.807, 2.05) is 11.3 Å². The Labute approximate surface area is 377 Å². The predicted octanol–water partition coefficient (Wildman–Crippen LogP) is 17.6. The molecule has 0 aliphatic rings.